The van der Waals surface area contributed by atoms with Crippen molar-refractivity contribution in [2.24, 2.45) is 16.5 Å². The number of nitrogens with zero attached hydrogens (tertiary/aromatic N) is 5. The lowest BCUT2D eigenvalue weighted by Crippen LogP contribution is -2.26. The zero-order valence-electron chi connectivity index (χ0n) is 24.0. The van der Waals surface area contributed by atoms with Crippen LogP contribution in [0.2, 0.25) is 0 Å². The Morgan fingerprint density at radius 3 is 1.81 bits per heavy atom. The molecule has 5 rings (SSSR count). The predicted molar refractivity (Wildman–Crippen MR) is 171 cm³/mol. The summed E-state index contributed by atoms with van der Waals surface area (Å²) in [5.74, 6) is 0.145. The largest absolute Gasteiger partial charge is 0.370 e. The summed E-state index contributed by atoms with van der Waals surface area (Å²) in [6, 6.07) is 36.3. The van der Waals surface area contributed by atoms with Crippen LogP contribution in [0.1, 0.15) is 34.5 Å². The molecule has 214 valence electrons. The summed E-state index contributed by atoms with van der Waals surface area (Å²) in [5, 5.41) is 2.56. The van der Waals surface area contributed by atoms with E-state index in [1.165, 1.54) is 27.5 Å². The van der Waals surface area contributed by atoms with E-state index in [1.54, 1.807) is 0 Å². The van der Waals surface area contributed by atoms with Crippen molar-refractivity contribution in [3.8, 4) is 0 Å². The summed E-state index contributed by atoms with van der Waals surface area (Å²) in [6.45, 7) is 5.54. The van der Waals surface area contributed by atoms with Crippen LogP contribution >= 0.6 is 0 Å². The van der Waals surface area contributed by atoms with Gasteiger partial charge in [-0.1, -0.05) is 78.9 Å². The van der Waals surface area contributed by atoms with Crippen LogP contribution in [0, 0.1) is 0 Å². The number of benzene rings is 3. The molecule has 3 aromatic carbocycles. The summed E-state index contributed by atoms with van der Waals surface area (Å²) in [5.41, 5.74) is 17.1. The van der Waals surface area contributed by atoms with Crippen LogP contribution in [0.15, 0.2) is 121 Å². The van der Waals surface area contributed by atoms with Gasteiger partial charge in [0.2, 0.25) is 0 Å². The molecule has 2 aromatic heterocycles. The first kappa shape index (κ1) is 28.9. The van der Waals surface area contributed by atoms with E-state index in [2.05, 4.69) is 104 Å². The van der Waals surface area contributed by atoms with Crippen LogP contribution in [-0.4, -0.2) is 38.8 Å². The molecule has 0 aliphatic rings. The molecule has 0 amide bonds. The van der Waals surface area contributed by atoms with Gasteiger partial charge in [-0.2, -0.15) is 0 Å². The van der Waals surface area contributed by atoms with E-state index < -0.39 is 0 Å². The van der Waals surface area contributed by atoms with Gasteiger partial charge < -0.3 is 11.5 Å². The molecular weight excluding hydrogens is 518 g/mol. The second kappa shape index (κ2) is 14.9. The van der Waals surface area contributed by atoms with Crippen molar-refractivity contribution in [3.05, 3.63) is 144 Å². The minimum atomic E-state index is 0.145. The quantitative estimate of drug-likeness (QED) is 0.106. The van der Waals surface area contributed by atoms with Gasteiger partial charge >= 0.3 is 0 Å². The highest BCUT2D eigenvalue weighted by Crippen LogP contribution is 2.21. The van der Waals surface area contributed by atoms with E-state index in [4.69, 9.17) is 11.5 Å². The third kappa shape index (κ3) is 8.70. The minimum Gasteiger partial charge on any atom is -0.370 e. The Hall–Kier alpha value is -4.59. The van der Waals surface area contributed by atoms with E-state index in [-0.39, 0.29) is 5.96 Å². The topological polar surface area (TPSA) is 96.7 Å². The number of hydrogen-bond acceptors (Lipinski definition) is 5. The maximum absolute atomic E-state index is 5.56. The van der Waals surface area contributed by atoms with Crippen molar-refractivity contribution in [2.45, 2.75) is 39.1 Å². The maximum Gasteiger partial charge on any atom is 0.185 e. The Morgan fingerprint density at radius 1 is 0.595 bits per heavy atom. The Kier molecular flexibility index (Phi) is 10.2. The second-order valence-electron chi connectivity index (χ2n) is 10.6. The maximum atomic E-state index is 5.56. The molecule has 7 nitrogen and oxygen atoms in total. The molecule has 0 radical (unpaired) electrons. The number of aromatic nitrogens is 2. The lowest BCUT2D eigenvalue weighted by molar-refractivity contribution is 0.241. The SMILES string of the molecule is NC(N)=NCCCN(Cc1ccc(CN(Cc2ccccn2)Cc2ccccn2)cc1)Cc1cccc2ccccc12. The number of hydrogen-bond donors (Lipinski definition) is 2. The molecule has 2 heterocycles. The number of aliphatic imine (C=N–C) groups is 1. The van der Waals surface area contributed by atoms with Gasteiger partial charge in [-0.25, -0.2) is 0 Å². The minimum absolute atomic E-state index is 0.145. The molecule has 0 aliphatic carbocycles. The highest BCUT2D eigenvalue weighted by atomic mass is 15.1. The van der Waals surface area contributed by atoms with E-state index in [0.29, 0.717) is 6.54 Å². The first-order chi connectivity index (χ1) is 20.6. The fourth-order valence-electron chi connectivity index (χ4n) is 5.26. The van der Waals surface area contributed by atoms with Crippen LogP contribution in [0.25, 0.3) is 10.8 Å². The van der Waals surface area contributed by atoms with Crippen molar-refractivity contribution >= 4 is 16.7 Å². The predicted octanol–water partition coefficient (Wildman–Crippen LogP) is 5.50. The van der Waals surface area contributed by atoms with Gasteiger partial charge in [-0.05, 0) is 58.1 Å². The van der Waals surface area contributed by atoms with Gasteiger partial charge in [-0.3, -0.25) is 24.8 Å². The van der Waals surface area contributed by atoms with Crippen LogP contribution in [0.5, 0.6) is 0 Å². The number of fused-ring (bicyclic) bond motifs is 1. The molecule has 0 unspecified atom stereocenters. The van der Waals surface area contributed by atoms with Crippen LogP contribution < -0.4 is 11.5 Å². The Morgan fingerprint density at radius 2 is 1.19 bits per heavy atom. The van der Waals surface area contributed by atoms with Gasteiger partial charge in [0.1, 0.15) is 0 Å². The Bertz CT molecular complexity index is 1500. The molecule has 0 aliphatic heterocycles. The van der Waals surface area contributed by atoms with Gasteiger partial charge in [-0.15, -0.1) is 0 Å². The number of rotatable bonds is 14. The number of nitrogens with two attached hydrogens (primary N) is 2. The summed E-state index contributed by atoms with van der Waals surface area (Å²) in [7, 11) is 0. The van der Waals surface area contributed by atoms with Gasteiger partial charge in [0, 0.05) is 58.2 Å². The van der Waals surface area contributed by atoms with Crippen molar-refractivity contribution in [2.75, 3.05) is 13.1 Å². The average Bonchev–Trinajstić information content (AvgIpc) is 3.01. The molecule has 4 N–H and O–H groups in total. The summed E-state index contributed by atoms with van der Waals surface area (Å²) >= 11 is 0. The molecule has 0 saturated heterocycles. The summed E-state index contributed by atoms with van der Waals surface area (Å²) < 4.78 is 0. The van der Waals surface area contributed by atoms with E-state index in [1.807, 2.05) is 36.7 Å². The molecule has 0 spiro atoms. The van der Waals surface area contributed by atoms with E-state index in [9.17, 15) is 0 Å². The number of pyridine rings is 2. The van der Waals surface area contributed by atoms with Crippen molar-refractivity contribution in [1.82, 2.24) is 19.8 Å². The molecule has 0 atom stereocenters. The lowest BCUT2D eigenvalue weighted by Gasteiger charge is -2.24. The third-order valence-corrected chi connectivity index (χ3v) is 7.26. The second-order valence-corrected chi connectivity index (χ2v) is 10.6. The Balaban J connectivity index is 1.28. The standard InChI is InChI=1S/C35H39N7/c36-35(37)40-21-8-22-41(25-31-11-7-10-30-9-1-2-14-34(30)31)23-28-15-17-29(18-16-28)24-42(26-32-12-3-5-19-38-32)27-33-13-4-6-20-39-33/h1-7,9-20H,8,21-27H2,(H4,36,37,40). The molecule has 7 heteroatoms. The Labute approximate surface area is 248 Å². The lowest BCUT2D eigenvalue weighted by atomic mass is 10.0. The van der Waals surface area contributed by atoms with E-state index in [0.717, 1.165) is 57.1 Å². The van der Waals surface area contributed by atoms with Gasteiger partial charge in [0.15, 0.2) is 5.96 Å². The average molecular weight is 558 g/mol. The molecule has 0 saturated carbocycles. The molecular formula is C35H39N7. The van der Waals surface area contributed by atoms with Crippen LogP contribution in [0.4, 0.5) is 0 Å². The fraction of sp³-hybridized carbons (Fsp3) is 0.229. The normalized spacial score (nSPS) is 11.3. The fourth-order valence-corrected chi connectivity index (χ4v) is 5.26. The third-order valence-electron chi connectivity index (χ3n) is 7.26. The van der Waals surface area contributed by atoms with Crippen molar-refractivity contribution in [3.63, 3.8) is 0 Å². The first-order valence-corrected chi connectivity index (χ1v) is 14.5. The van der Waals surface area contributed by atoms with E-state index >= 15 is 0 Å². The van der Waals surface area contributed by atoms with Crippen LogP contribution in [0.3, 0.4) is 0 Å². The first-order valence-electron chi connectivity index (χ1n) is 14.5. The summed E-state index contributed by atoms with van der Waals surface area (Å²) in [4.78, 5) is 18.2. The van der Waals surface area contributed by atoms with Gasteiger partial charge in [0.25, 0.3) is 0 Å². The summed E-state index contributed by atoms with van der Waals surface area (Å²) in [6.07, 6.45) is 4.59. The molecule has 0 fully saturated rings. The molecule has 0 bridgehead atoms. The smallest absolute Gasteiger partial charge is 0.185 e. The monoisotopic (exact) mass is 557 g/mol. The highest BCUT2D eigenvalue weighted by Gasteiger charge is 2.12. The van der Waals surface area contributed by atoms with Crippen LogP contribution in [-0.2, 0) is 32.7 Å². The van der Waals surface area contributed by atoms with Gasteiger partial charge in [0.05, 0.1) is 11.4 Å². The number of guanidine groups is 1. The van der Waals surface area contributed by atoms with Crippen molar-refractivity contribution in [1.29, 1.82) is 0 Å². The molecule has 5 aromatic rings. The molecule has 42 heavy (non-hydrogen) atoms. The zero-order valence-corrected chi connectivity index (χ0v) is 24.0. The van der Waals surface area contributed by atoms with Crippen molar-refractivity contribution < 1.29 is 0 Å². The highest BCUT2D eigenvalue weighted by molar-refractivity contribution is 5.85. The zero-order chi connectivity index (χ0) is 29.0.